The topological polar surface area (TPSA) is 153 Å². The second-order valence-corrected chi connectivity index (χ2v) is 16.3. The van der Waals surface area contributed by atoms with Crippen LogP contribution in [-0.2, 0) is 27.9 Å². The lowest BCUT2D eigenvalue weighted by Gasteiger charge is -2.61. The number of nitrogens with one attached hydrogen (secondary N) is 2. The van der Waals surface area contributed by atoms with E-state index in [2.05, 4.69) is 38.3 Å². The number of carbonyl (C=O) groups excluding carboxylic acids is 1. The van der Waals surface area contributed by atoms with Gasteiger partial charge < -0.3 is 34.1 Å². The number of aryl methyl sites for hydroxylation is 1. The number of aromatic hydroxyl groups is 2. The summed E-state index contributed by atoms with van der Waals surface area (Å²) in [5.41, 5.74) is 6.40. The van der Waals surface area contributed by atoms with Crippen molar-refractivity contribution >= 4 is 28.4 Å². The third-order valence-electron chi connectivity index (χ3n) is 12.8. The standard InChI is InChI=1S/C40H41N5O7S/c1-18-11-20-12-24-25(13-41)45-26-14-50-15-27(46)40(39-22(9-10-42-40)21-7-5-6-8-23(21)43-39)16-53-38(30-29(26)37-36(51-17-52-37)19(2)33(30)47)32(45)31(44(24)3)28(20)34(48)35(18)49-4/h5-8,11,24-26,31-32,38,42-43,47-48H,9-10,12,14-17H2,1-4H3/t24-,25+,26+,31+,32?,38-,40+/m1/s1. The second kappa shape index (κ2) is 11.8. The van der Waals surface area contributed by atoms with Crippen molar-refractivity contribution in [1.82, 2.24) is 20.1 Å². The van der Waals surface area contributed by atoms with Crippen molar-refractivity contribution in [3.05, 3.63) is 75.0 Å². The number of aromatic amines is 1. The summed E-state index contributed by atoms with van der Waals surface area (Å²) < 4.78 is 24.5. The largest absolute Gasteiger partial charge is 0.507 e. The number of aromatic nitrogens is 1. The van der Waals surface area contributed by atoms with Gasteiger partial charge in [-0.15, -0.1) is 11.8 Å². The molecule has 4 aromatic rings. The molecule has 1 spiro atoms. The van der Waals surface area contributed by atoms with Gasteiger partial charge in [0.1, 0.15) is 23.9 Å². The number of nitrogens with zero attached hydrogens (tertiary/aromatic N) is 3. The number of fused-ring (bicyclic) bond motifs is 12. The number of hydrogen-bond donors (Lipinski definition) is 4. The van der Waals surface area contributed by atoms with E-state index in [9.17, 15) is 20.3 Å². The Morgan fingerprint density at radius 3 is 2.74 bits per heavy atom. The van der Waals surface area contributed by atoms with E-state index in [4.69, 9.17) is 18.9 Å². The molecule has 13 heteroatoms. The number of H-pyrrole nitrogens is 1. The zero-order chi connectivity index (χ0) is 36.5. The Kier molecular flexibility index (Phi) is 7.36. The highest BCUT2D eigenvalue weighted by atomic mass is 32.2. The van der Waals surface area contributed by atoms with E-state index in [0.29, 0.717) is 47.1 Å². The summed E-state index contributed by atoms with van der Waals surface area (Å²) in [7, 11) is 3.60. The van der Waals surface area contributed by atoms with E-state index in [-0.39, 0.29) is 43.3 Å². The number of benzene rings is 3. The predicted molar refractivity (Wildman–Crippen MR) is 197 cm³/mol. The van der Waals surface area contributed by atoms with Crippen molar-refractivity contribution in [3.63, 3.8) is 0 Å². The van der Waals surface area contributed by atoms with Crippen LogP contribution in [0.5, 0.6) is 28.7 Å². The number of phenolic OH excluding ortho intramolecular Hbond substituents is 2. The van der Waals surface area contributed by atoms with Crippen LogP contribution in [0.1, 0.15) is 62.0 Å². The molecule has 2 fully saturated rings. The van der Waals surface area contributed by atoms with Crippen LogP contribution < -0.4 is 19.5 Å². The molecule has 0 aliphatic carbocycles. The SMILES string of the molecule is COc1c(C)cc2c(c1O)[C@H]1C3[C@@H]4SC[C@]5(NCCc6c5[nH]c5ccccc65)C(=O)COC[C@@H](c5c6c(c(C)c(O)c54)OCO6)N3[C@@H](C#N)[C@@H](C2)N1C. The number of ketones is 1. The number of hydrogen-bond acceptors (Lipinski definition) is 12. The first-order valence-corrected chi connectivity index (χ1v) is 19.3. The minimum atomic E-state index is -1.11. The number of piperazine rings is 1. The van der Waals surface area contributed by atoms with Gasteiger partial charge in [0.15, 0.2) is 28.8 Å². The minimum Gasteiger partial charge on any atom is -0.507 e. The number of ether oxygens (including phenoxy) is 4. The van der Waals surface area contributed by atoms with Crippen LogP contribution in [0, 0.1) is 25.2 Å². The van der Waals surface area contributed by atoms with Gasteiger partial charge in [-0.3, -0.25) is 19.9 Å². The molecule has 0 saturated carbocycles. The van der Waals surface area contributed by atoms with E-state index in [1.807, 2.05) is 39.1 Å². The Hall–Kier alpha value is -4.45. The molecule has 7 aliphatic rings. The van der Waals surface area contributed by atoms with Crippen LogP contribution >= 0.6 is 11.8 Å². The van der Waals surface area contributed by atoms with E-state index in [1.165, 1.54) is 0 Å². The monoisotopic (exact) mass is 735 g/mol. The average molecular weight is 736 g/mol. The lowest BCUT2D eigenvalue weighted by atomic mass is 9.71. The number of thioether (sulfide) groups is 1. The summed E-state index contributed by atoms with van der Waals surface area (Å²) in [6.45, 7) is 4.28. The third-order valence-corrected chi connectivity index (χ3v) is 14.3. The van der Waals surface area contributed by atoms with E-state index in [1.54, 1.807) is 18.9 Å². The number of para-hydroxylation sites is 1. The average Bonchev–Trinajstić information content (AvgIpc) is 3.79. The first-order chi connectivity index (χ1) is 25.7. The Labute approximate surface area is 310 Å². The summed E-state index contributed by atoms with van der Waals surface area (Å²) >= 11 is 1.59. The molecule has 3 aromatic carbocycles. The van der Waals surface area contributed by atoms with E-state index >= 15 is 0 Å². The maximum absolute atomic E-state index is 14.7. The highest BCUT2D eigenvalue weighted by Gasteiger charge is 2.61. The number of phenols is 2. The molecule has 12 nitrogen and oxygen atoms in total. The number of Topliss-reactive ketones (excluding diaryl/α,β-unsaturated/α-hetero) is 1. The van der Waals surface area contributed by atoms with Crippen molar-refractivity contribution in [2.24, 2.45) is 0 Å². The molecule has 1 aromatic heterocycles. The summed E-state index contributed by atoms with van der Waals surface area (Å²) in [5.74, 6) is 1.88. The second-order valence-electron chi connectivity index (χ2n) is 15.2. The Balaban J connectivity index is 1.24. The Morgan fingerprint density at radius 1 is 1.11 bits per heavy atom. The fourth-order valence-corrected chi connectivity index (χ4v) is 12.3. The fourth-order valence-electron chi connectivity index (χ4n) is 10.5. The van der Waals surface area contributed by atoms with Gasteiger partial charge in [0.05, 0.1) is 37.1 Å². The molecule has 7 aliphatic heterocycles. The van der Waals surface area contributed by atoms with Crippen molar-refractivity contribution < 1.29 is 34.0 Å². The number of methoxy groups -OCH3 is 1. The highest BCUT2D eigenvalue weighted by molar-refractivity contribution is 7.99. The maximum atomic E-state index is 14.7. The molecule has 7 atom stereocenters. The molecular formula is C40H41N5O7S. The smallest absolute Gasteiger partial charge is 0.231 e. The van der Waals surface area contributed by atoms with E-state index < -0.39 is 35.0 Å². The highest BCUT2D eigenvalue weighted by Crippen LogP contribution is 2.64. The summed E-state index contributed by atoms with van der Waals surface area (Å²) in [5, 5.41) is 39.7. The van der Waals surface area contributed by atoms with Crippen molar-refractivity contribution in [1.29, 1.82) is 5.26 Å². The summed E-state index contributed by atoms with van der Waals surface area (Å²) in [6, 6.07) is 10.7. The molecular weight excluding hydrogens is 695 g/mol. The molecule has 8 heterocycles. The first kappa shape index (κ1) is 33.1. The Bertz CT molecular complexity index is 2290. The summed E-state index contributed by atoms with van der Waals surface area (Å²) in [6.07, 6.45) is 1.31. The van der Waals surface area contributed by atoms with Gasteiger partial charge in [-0.05, 0) is 56.5 Å². The number of nitriles is 1. The van der Waals surface area contributed by atoms with Crippen molar-refractivity contribution in [2.75, 3.05) is 46.5 Å². The zero-order valence-electron chi connectivity index (χ0n) is 30.0. The number of carbonyl (C=O) groups is 1. The lowest BCUT2D eigenvalue weighted by molar-refractivity contribution is -0.132. The van der Waals surface area contributed by atoms with Crippen LogP contribution in [0.15, 0.2) is 30.3 Å². The first-order valence-electron chi connectivity index (χ1n) is 18.2. The van der Waals surface area contributed by atoms with Crippen molar-refractivity contribution in [3.8, 4) is 34.8 Å². The van der Waals surface area contributed by atoms with Gasteiger partial charge in [-0.1, -0.05) is 24.3 Å². The van der Waals surface area contributed by atoms with Crippen LogP contribution in [0.2, 0.25) is 0 Å². The quantitative estimate of drug-likeness (QED) is 0.217. The van der Waals surface area contributed by atoms with Crippen LogP contribution in [0.4, 0.5) is 0 Å². The lowest BCUT2D eigenvalue weighted by Crippen LogP contribution is -2.69. The molecule has 4 N–H and O–H groups in total. The van der Waals surface area contributed by atoms with Gasteiger partial charge in [0.2, 0.25) is 6.79 Å². The Morgan fingerprint density at radius 2 is 1.92 bits per heavy atom. The zero-order valence-corrected chi connectivity index (χ0v) is 30.8. The fraction of sp³-hybridized carbons (Fsp3) is 0.450. The van der Waals surface area contributed by atoms with Gasteiger partial charge >= 0.3 is 0 Å². The normalized spacial score (nSPS) is 30.3. The van der Waals surface area contributed by atoms with Crippen LogP contribution in [-0.4, -0.2) is 95.4 Å². The molecule has 4 bridgehead atoms. The van der Waals surface area contributed by atoms with E-state index in [0.717, 1.165) is 50.8 Å². The maximum Gasteiger partial charge on any atom is 0.231 e. The molecule has 0 radical (unpaired) electrons. The summed E-state index contributed by atoms with van der Waals surface area (Å²) in [4.78, 5) is 22.8. The minimum absolute atomic E-state index is 0.00557. The van der Waals surface area contributed by atoms with Gasteiger partial charge in [0.25, 0.3) is 0 Å². The van der Waals surface area contributed by atoms with Crippen LogP contribution in [0.25, 0.3) is 10.9 Å². The predicted octanol–water partition coefficient (Wildman–Crippen LogP) is 4.58. The number of rotatable bonds is 1. The molecule has 1 unspecified atom stereocenters. The van der Waals surface area contributed by atoms with Crippen LogP contribution in [0.3, 0.4) is 0 Å². The molecule has 53 heavy (non-hydrogen) atoms. The van der Waals surface area contributed by atoms with Gasteiger partial charge in [0, 0.05) is 63.2 Å². The van der Waals surface area contributed by atoms with Gasteiger partial charge in [-0.2, -0.15) is 5.26 Å². The van der Waals surface area contributed by atoms with Gasteiger partial charge in [-0.25, -0.2) is 0 Å². The molecule has 2 saturated heterocycles. The molecule has 11 rings (SSSR count). The third kappa shape index (κ3) is 4.30. The molecule has 0 amide bonds. The number of likely N-dealkylation sites (N-methyl/N-ethyl adjacent to an activating group) is 1. The molecule has 274 valence electrons. The van der Waals surface area contributed by atoms with Crippen molar-refractivity contribution in [2.45, 2.75) is 67.7 Å².